The van der Waals surface area contributed by atoms with E-state index in [1.54, 1.807) is 32.9 Å². The van der Waals surface area contributed by atoms with Crippen LogP contribution >= 0.6 is 11.3 Å². The number of hydrogen-bond acceptors (Lipinski definition) is 5. The van der Waals surface area contributed by atoms with Gasteiger partial charge in [0.2, 0.25) is 0 Å². The summed E-state index contributed by atoms with van der Waals surface area (Å²) >= 11 is 0.347. The maximum absolute atomic E-state index is 13.1. The number of alkyl halides is 2. The fourth-order valence-electron chi connectivity index (χ4n) is 2.79. The van der Waals surface area contributed by atoms with E-state index in [0.29, 0.717) is 0 Å². The standard InChI is InChI=1S/C19H23INO4S2/c1-13-11-12-15(26-13)27(23,24)21-19(16(22)25-17(2,3)4)18(5,20-19)14-9-7-6-8-10-14/h6-12,21H,1-5H3/q-1/t18-,19-/m1/s1. The Kier molecular flexibility index (Phi) is 5.24. The SMILES string of the molecule is Cc1ccc(S(=O)(=O)N[C@@]2(C(=O)OC(C)(C)C)[I-][C@]2(C)c2ccccc2)s1. The number of ether oxygens (including phenoxy) is 1. The molecule has 0 saturated carbocycles. The molecule has 1 fully saturated rings. The molecule has 1 N–H and O–H groups in total. The van der Waals surface area contributed by atoms with Crippen LogP contribution in [0, 0.1) is 6.92 Å². The zero-order chi connectivity index (χ0) is 20.1. The van der Waals surface area contributed by atoms with Crippen LogP contribution in [0.4, 0.5) is 0 Å². The number of sulfonamides is 1. The normalized spacial score (nSPS) is 25.5. The predicted molar refractivity (Wildman–Crippen MR) is 102 cm³/mol. The number of thiophene rings is 1. The number of esters is 1. The van der Waals surface area contributed by atoms with Gasteiger partial charge in [-0.15, -0.1) is 0 Å². The summed E-state index contributed by atoms with van der Waals surface area (Å²) in [5.74, 6) is -0.494. The van der Waals surface area contributed by atoms with Crippen molar-refractivity contribution in [1.82, 2.24) is 4.72 Å². The van der Waals surface area contributed by atoms with Crippen LogP contribution in [0.2, 0.25) is 0 Å². The quantitative estimate of drug-likeness (QED) is 0.268. The number of halogens is 1. The Morgan fingerprint density at radius 2 is 1.78 bits per heavy atom. The summed E-state index contributed by atoms with van der Waals surface area (Å²) in [5.41, 5.74) is 0.257. The maximum atomic E-state index is 13.1. The molecule has 2 atom stereocenters. The molecule has 0 aliphatic carbocycles. The first-order valence-corrected chi connectivity index (χ1v) is 12.9. The molecule has 0 radical (unpaired) electrons. The van der Waals surface area contributed by atoms with Gasteiger partial charge in [0.25, 0.3) is 0 Å². The molecule has 5 nitrogen and oxygen atoms in total. The minimum absolute atomic E-state index is 0.217. The van der Waals surface area contributed by atoms with Crippen molar-refractivity contribution in [1.29, 1.82) is 0 Å². The van der Waals surface area contributed by atoms with Crippen LogP contribution in [0.1, 0.15) is 38.1 Å². The number of nitrogens with one attached hydrogen (secondary N) is 1. The summed E-state index contributed by atoms with van der Waals surface area (Å²) in [5, 5.41) is 0. The average molecular weight is 520 g/mol. The van der Waals surface area contributed by atoms with Gasteiger partial charge in [0.1, 0.15) is 0 Å². The number of carbonyl (C=O) groups excluding carboxylic acids is 1. The van der Waals surface area contributed by atoms with Gasteiger partial charge < -0.3 is 0 Å². The number of rotatable bonds is 5. The van der Waals surface area contributed by atoms with Crippen molar-refractivity contribution in [2.45, 2.75) is 51.4 Å². The summed E-state index contributed by atoms with van der Waals surface area (Å²) in [6.07, 6.45) is 0. The zero-order valence-corrected chi connectivity index (χ0v) is 19.7. The molecule has 1 aromatic heterocycles. The Hall–Kier alpha value is -0.970. The zero-order valence-electron chi connectivity index (χ0n) is 15.9. The van der Waals surface area contributed by atoms with E-state index < -0.39 is 49.8 Å². The molecule has 0 amide bonds. The first-order chi connectivity index (χ1) is 12.4. The van der Waals surface area contributed by atoms with E-state index in [1.165, 1.54) is 11.3 Å². The fourth-order valence-corrected chi connectivity index (χ4v) is 9.92. The number of hydrogen-bond donors (Lipinski definition) is 1. The number of carbonyl (C=O) groups is 1. The van der Waals surface area contributed by atoms with Crippen LogP contribution in [0.25, 0.3) is 0 Å². The molecule has 0 spiro atoms. The molecule has 1 aliphatic heterocycles. The van der Waals surface area contributed by atoms with Crippen LogP contribution in [-0.4, -0.2) is 23.5 Å². The first-order valence-electron chi connectivity index (χ1n) is 8.46. The molecule has 148 valence electrons. The molecule has 0 bridgehead atoms. The van der Waals surface area contributed by atoms with Crippen molar-refractivity contribution in [2.24, 2.45) is 0 Å². The monoisotopic (exact) mass is 520 g/mol. The van der Waals surface area contributed by atoms with Gasteiger partial charge >= 0.3 is 176 Å². The van der Waals surface area contributed by atoms with Gasteiger partial charge in [0.15, 0.2) is 0 Å². The molecule has 1 saturated heterocycles. The molecule has 27 heavy (non-hydrogen) atoms. The van der Waals surface area contributed by atoms with Crippen LogP contribution in [-0.2, 0) is 23.0 Å². The van der Waals surface area contributed by atoms with Gasteiger partial charge in [0.05, 0.1) is 0 Å². The molecule has 1 aromatic carbocycles. The Morgan fingerprint density at radius 1 is 1.15 bits per heavy atom. The van der Waals surface area contributed by atoms with E-state index in [0.717, 1.165) is 10.4 Å². The predicted octanol–water partition coefficient (Wildman–Crippen LogP) is 0.391. The van der Waals surface area contributed by atoms with E-state index in [4.69, 9.17) is 4.74 Å². The number of aryl methyl sites for hydroxylation is 1. The summed E-state index contributed by atoms with van der Waals surface area (Å²) in [6.45, 7) is 9.16. The van der Waals surface area contributed by atoms with Crippen molar-refractivity contribution < 1.29 is 39.2 Å². The van der Waals surface area contributed by atoms with Gasteiger partial charge in [-0.25, -0.2) is 0 Å². The second kappa shape index (κ2) is 6.82. The molecule has 3 rings (SSSR count). The van der Waals surface area contributed by atoms with Crippen molar-refractivity contribution >= 4 is 27.3 Å². The van der Waals surface area contributed by atoms with Crippen LogP contribution in [0.15, 0.2) is 46.7 Å². The van der Waals surface area contributed by atoms with Crippen molar-refractivity contribution in [3.8, 4) is 0 Å². The summed E-state index contributed by atoms with van der Waals surface area (Å²) in [6, 6.07) is 12.9. The van der Waals surface area contributed by atoms with E-state index in [-0.39, 0.29) is 4.21 Å². The first kappa shape index (κ1) is 20.8. The Morgan fingerprint density at radius 3 is 2.30 bits per heavy atom. The Labute approximate surface area is 174 Å². The van der Waals surface area contributed by atoms with Crippen LogP contribution in [0.5, 0.6) is 0 Å². The van der Waals surface area contributed by atoms with Gasteiger partial charge in [-0.3, -0.25) is 0 Å². The molecular formula is C19H23INO4S2-. The van der Waals surface area contributed by atoms with E-state index >= 15 is 0 Å². The van der Waals surface area contributed by atoms with Crippen LogP contribution in [0.3, 0.4) is 0 Å². The van der Waals surface area contributed by atoms with Gasteiger partial charge in [0, 0.05) is 0 Å². The second-order valence-corrected chi connectivity index (χ2v) is 15.1. The second-order valence-electron chi connectivity index (χ2n) is 7.59. The minimum atomic E-state index is -3.82. The summed E-state index contributed by atoms with van der Waals surface area (Å²) < 4.78 is 32.8. The van der Waals surface area contributed by atoms with Gasteiger partial charge in [-0.2, -0.15) is 0 Å². The topological polar surface area (TPSA) is 72.5 Å². The molecule has 2 aromatic rings. The third-order valence-corrected chi connectivity index (χ3v) is 12.1. The molecule has 2 heterocycles. The molecular weight excluding hydrogens is 497 g/mol. The Bertz CT molecular complexity index is 965. The van der Waals surface area contributed by atoms with Crippen LogP contribution < -0.4 is 25.9 Å². The molecule has 1 aliphatic rings. The summed E-state index contributed by atoms with van der Waals surface area (Å²) in [4.78, 5) is 14.0. The van der Waals surface area contributed by atoms with E-state index in [1.807, 2.05) is 44.2 Å². The summed E-state index contributed by atoms with van der Waals surface area (Å²) in [7, 11) is -3.82. The van der Waals surface area contributed by atoms with Gasteiger partial charge in [-0.1, -0.05) is 0 Å². The van der Waals surface area contributed by atoms with Crippen molar-refractivity contribution in [3.05, 3.63) is 52.9 Å². The third kappa shape index (κ3) is 3.94. The van der Waals surface area contributed by atoms with Crippen molar-refractivity contribution in [3.63, 3.8) is 0 Å². The molecule has 8 heteroatoms. The van der Waals surface area contributed by atoms with E-state index in [2.05, 4.69) is 4.72 Å². The van der Waals surface area contributed by atoms with E-state index in [9.17, 15) is 13.2 Å². The number of benzene rings is 1. The van der Waals surface area contributed by atoms with Gasteiger partial charge in [-0.05, 0) is 0 Å². The average Bonchev–Trinajstić information content (AvgIpc) is 2.92. The third-order valence-electron chi connectivity index (χ3n) is 4.19. The van der Waals surface area contributed by atoms with Crippen molar-refractivity contribution in [2.75, 3.05) is 0 Å². The molecule has 0 unspecified atom stereocenters. The Balaban J connectivity index is 2.01. The fraction of sp³-hybridized carbons (Fsp3) is 0.421.